The number of aliphatic carboxylic acids is 1. The Morgan fingerprint density at radius 1 is 1.26 bits per heavy atom. The smallest absolute Gasteiger partial charge is 0.317 e. The molecule has 2 fully saturated rings. The summed E-state index contributed by atoms with van der Waals surface area (Å²) in [6, 6.07) is -0.586. The van der Waals surface area contributed by atoms with E-state index in [1.165, 1.54) is 0 Å². The summed E-state index contributed by atoms with van der Waals surface area (Å²) in [7, 11) is 0. The minimum Gasteiger partial charge on any atom is -0.481 e. The maximum atomic E-state index is 12.1. The van der Waals surface area contributed by atoms with Crippen molar-refractivity contribution in [3.8, 4) is 0 Å². The molecule has 0 aromatic heterocycles. The molecule has 19 heavy (non-hydrogen) atoms. The zero-order chi connectivity index (χ0) is 14.0. The third-order valence-electron chi connectivity index (χ3n) is 4.11. The predicted molar refractivity (Wildman–Crippen MR) is 68.9 cm³/mol. The maximum absolute atomic E-state index is 12.1. The van der Waals surface area contributed by atoms with Crippen molar-refractivity contribution in [3.05, 3.63) is 0 Å². The molecule has 0 radical (unpaired) electrons. The Morgan fingerprint density at radius 3 is 2.47 bits per heavy atom. The van der Waals surface area contributed by atoms with Crippen LogP contribution < -0.4 is 5.32 Å². The Kier molecular flexibility index (Phi) is 3.99. The normalized spacial score (nSPS) is 30.1. The van der Waals surface area contributed by atoms with Crippen LogP contribution in [0, 0.1) is 11.3 Å². The van der Waals surface area contributed by atoms with E-state index in [4.69, 9.17) is 9.84 Å². The van der Waals surface area contributed by atoms with Gasteiger partial charge >= 0.3 is 12.0 Å². The summed E-state index contributed by atoms with van der Waals surface area (Å²) >= 11 is 0. The molecule has 6 heteroatoms. The van der Waals surface area contributed by atoms with Crippen LogP contribution in [0.3, 0.4) is 0 Å². The molecular formula is C13H22N2O4. The molecule has 2 unspecified atom stereocenters. The Morgan fingerprint density at radius 2 is 1.89 bits per heavy atom. The number of hydrogen-bond donors (Lipinski definition) is 2. The molecule has 2 rings (SSSR count). The van der Waals surface area contributed by atoms with Gasteiger partial charge in [-0.1, -0.05) is 13.8 Å². The molecule has 2 N–H and O–H groups in total. The van der Waals surface area contributed by atoms with Gasteiger partial charge in [0, 0.05) is 13.1 Å². The fourth-order valence-corrected chi connectivity index (χ4v) is 2.50. The van der Waals surface area contributed by atoms with E-state index in [0.717, 1.165) is 25.9 Å². The predicted octanol–water partition coefficient (Wildman–Crippen LogP) is 0.918. The number of carbonyl (C=O) groups is 2. The monoisotopic (exact) mass is 270 g/mol. The summed E-state index contributed by atoms with van der Waals surface area (Å²) in [6.45, 7) is 6.31. The lowest BCUT2D eigenvalue weighted by atomic mass is 9.83. The van der Waals surface area contributed by atoms with Crippen LogP contribution in [0.1, 0.15) is 26.7 Å². The van der Waals surface area contributed by atoms with Crippen molar-refractivity contribution in [2.75, 3.05) is 26.3 Å². The van der Waals surface area contributed by atoms with Gasteiger partial charge in [0.2, 0.25) is 0 Å². The van der Waals surface area contributed by atoms with Gasteiger partial charge in [-0.15, -0.1) is 0 Å². The van der Waals surface area contributed by atoms with Crippen molar-refractivity contribution in [3.63, 3.8) is 0 Å². The second kappa shape index (κ2) is 5.36. The molecule has 0 bridgehead atoms. The van der Waals surface area contributed by atoms with Crippen LogP contribution in [-0.2, 0) is 9.53 Å². The molecule has 0 aromatic carbocycles. The van der Waals surface area contributed by atoms with Crippen LogP contribution >= 0.6 is 0 Å². The molecule has 2 amide bonds. The molecule has 0 aromatic rings. The fraction of sp³-hybridized carbons (Fsp3) is 0.846. The second-order valence-corrected chi connectivity index (χ2v) is 6.19. The largest absolute Gasteiger partial charge is 0.481 e. The van der Waals surface area contributed by atoms with Gasteiger partial charge in [0.05, 0.1) is 19.3 Å². The van der Waals surface area contributed by atoms with E-state index in [9.17, 15) is 9.59 Å². The zero-order valence-electron chi connectivity index (χ0n) is 11.5. The van der Waals surface area contributed by atoms with Gasteiger partial charge in [0.25, 0.3) is 0 Å². The number of carboxylic acids is 1. The number of likely N-dealkylation sites (tertiary alicyclic amines) is 1. The van der Waals surface area contributed by atoms with Crippen molar-refractivity contribution in [1.82, 2.24) is 10.2 Å². The van der Waals surface area contributed by atoms with Gasteiger partial charge in [-0.2, -0.15) is 0 Å². The number of rotatable bonds is 2. The van der Waals surface area contributed by atoms with Crippen LogP contribution in [-0.4, -0.2) is 54.4 Å². The molecule has 2 saturated heterocycles. The van der Waals surface area contributed by atoms with Gasteiger partial charge in [-0.25, -0.2) is 4.79 Å². The highest BCUT2D eigenvalue weighted by molar-refractivity contribution is 5.77. The summed E-state index contributed by atoms with van der Waals surface area (Å²) in [5.74, 6) is -1.55. The number of ether oxygens (including phenoxy) is 1. The molecule has 108 valence electrons. The fourth-order valence-electron chi connectivity index (χ4n) is 2.50. The van der Waals surface area contributed by atoms with E-state index in [-0.39, 0.29) is 24.7 Å². The minimum absolute atomic E-state index is 0.169. The topological polar surface area (TPSA) is 78.9 Å². The van der Waals surface area contributed by atoms with Crippen LogP contribution in [0.25, 0.3) is 0 Å². The number of carboxylic acid groups (broad SMARTS) is 1. The number of amides is 2. The molecule has 2 atom stereocenters. The third kappa shape index (κ3) is 3.37. The van der Waals surface area contributed by atoms with Crippen molar-refractivity contribution in [1.29, 1.82) is 0 Å². The Balaban J connectivity index is 1.86. The second-order valence-electron chi connectivity index (χ2n) is 6.19. The number of carbonyl (C=O) groups excluding carboxylic acids is 1. The summed E-state index contributed by atoms with van der Waals surface area (Å²) < 4.78 is 5.14. The average molecular weight is 270 g/mol. The van der Waals surface area contributed by atoms with Crippen molar-refractivity contribution in [2.24, 2.45) is 11.3 Å². The van der Waals surface area contributed by atoms with Crippen LogP contribution in [0.2, 0.25) is 0 Å². The van der Waals surface area contributed by atoms with E-state index < -0.39 is 17.9 Å². The molecule has 2 aliphatic rings. The third-order valence-corrected chi connectivity index (χ3v) is 4.11. The highest BCUT2D eigenvalue weighted by atomic mass is 16.5. The van der Waals surface area contributed by atoms with E-state index in [1.54, 1.807) is 4.90 Å². The van der Waals surface area contributed by atoms with Gasteiger partial charge in [-0.3, -0.25) is 4.79 Å². The summed E-state index contributed by atoms with van der Waals surface area (Å²) in [6.07, 6.45) is 1.95. The lowest BCUT2D eigenvalue weighted by Gasteiger charge is -2.37. The van der Waals surface area contributed by atoms with E-state index in [2.05, 4.69) is 19.2 Å². The minimum atomic E-state index is -0.914. The summed E-state index contributed by atoms with van der Waals surface area (Å²) in [5.41, 5.74) is 0.289. The highest BCUT2D eigenvalue weighted by Crippen LogP contribution is 2.29. The van der Waals surface area contributed by atoms with Crippen LogP contribution in [0.4, 0.5) is 4.79 Å². The average Bonchev–Trinajstić information content (AvgIpc) is 2.77. The first-order chi connectivity index (χ1) is 8.89. The molecular weight excluding hydrogens is 248 g/mol. The number of hydrogen-bond acceptors (Lipinski definition) is 3. The molecule has 0 aliphatic carbocycles. The van der Waals surface area contributed by atoms with Gasteiger partial charge < -0.3 is 20.1 Å². The lowest BCUT2D eigenvalue weighted by Crippen LogP contribution is -2.51. The maximum Gasteiger partial charge on any atom is 0.317 e. The lowest BCUT2D eigenvalue weighted by molar-refractivity contribution is -0.142. The summed E-state index contributed by atoms with van der Waals surface area (Å²) in [5, 5.41) is 11.8. The quantitative estimate of drug-likeness (QED) is 0.782. The van der Waals surface area contributed by atoms with Gasteiger partial charge in [0.15, 0.2) is 0 Å². The first-order valence-electron chi connectivity index (χ1n) is 6.75. The first kappa shape index (κ1) is 14.1. The zero-order valence-corrected chi connectivity index (χ0v) is 11.5. The van der Waals surface area contributed by atoms with Crippen molar-refractivity contribution < 1.29 is 19.4 Å². The standard InChI is InChI=1S/C13H22N2O4/c1-13(2)3-5-15(6-4-13)12(18)14-10-8-19-7-9(10)11(16)17/h9-10H,3-8H2,1-2H3,(H,14,18)(H,16,17). The molecule has 0 spiro atoms. The van der Waals surface area contributed by atoms with Gasteiger partial charge in [-0.05, 0) is 18.3 Å². The van der Waals surface area contributed by atoms with Crippen molar-refractivity contribution >= 4 is 12.0 Å². The Bertz CT molecular complexity index is 360. The van der Waals surface area contributed by atoms with Gasteiger partial charge in [0.1, 0.15) is 5.92 Å². The highest BCUT2D eigenvalue weighted by Gasteiger charge is 2.36. The SMILES string of the molecule is CC1(C)CCN(C(=O)NC2COCC2C(=O)O)CC1. The van der Waals surface area contributed by atoms with E-state index in [0.29, 0.717) is 0 Å². The number of urea groups is 1. The van der Waals surface area contributed by atoms with E-state index >= 15 is 0 Å². The van der Waals surface area contributed by atoms with Crippen LogP contribution in [0.15, 0.2) is 0 Å². The number of piperidine rings is 1. The first-order valence-corrected chi connectivity index (χ1v) is 6.75. The molecule has 6 nitrogen and oxygen atoms in total. The molecule has 0 saturated carbocycles. The van der Waals surface area contributed by atoms with Crippen LogP contribution in [0.5, 0.6) is 0 Å². The number of nitrogens with one attached hydrogen (secondary N) is 1. The Labute approximate surface area is 113 Å². The summed E-state index contributed by atoms with van der Waals surface area (Å²) in [4.78, 5) is 24.9. The van der Waals surface area contributed by atoms with Crippen molar-refractivity contribution in [2.45, 2.75) is 32.7 Å². The molecule has 2 aliphatic heterocycles. The number of nitrogens with zero attached hydrogens (tertiary/aromatic N) is 1. The molecule has 2 heterocycles. The Hall–Kier alpha value is -1.30. The van der Waals surface area contributed by atoms with E-state index in [1.807, 2.05) is 0 Å².